The van der Waals surface area contributed by atoms with E-state index in [4.69, 9.17) is 21.3 Å². The molecular weight excluding hydrogens is 389 g/mol. The Morgan fingerprint density at radius 2 is 2.07 bits per heavy atom. The molecule has 2 rings (SSSR count). The molecule has 1 N–H and O–H groups in total. The normalized spacial score (nSPS) is 11.6. The van der Waals surface area contributed by atoms with E-state index in [0.29, 0.717) is 6.07 Å². The number of benzene rings is 1. The van der Waals surface area contributed by atoms with Crippen molar-refractivity contribution >= 4 is 35.2 Å². The molecule has 2 aromatic rings. The van der Waals surface area contributed by atoms with Crippen molar-refractivity contribution in [3.05, 3.63) is 58.5 Å². The maximum atomic E-state index is 12.8. The van der Waals surface area contributed by atoms with E-state index in [0.717, 1.165) is 18.2 Å². The van der Waals surface area contributed by atoms with E-state index in [2.05, 4.69) is 10.1 Å². The highest BCUT2D eigenvalue weighted by molar-refractivity contribution is 6.31. The predicted molar refractivity (Wildman–Crippen MR) is 88.3 cm³/mol. The maximum Gasteiger partial charge on any atom is 0.417 e. The highest BCUT2D eigenvalue weighted by Crippen LogP contribution is 2.36. The monoisotopic (exact) mass is 398 g/mol. The molecule has 0 aliphatic heterocycles. The van der Waals surface area contributed by atoms with Crippen LogP contribution in [0.15, 0.2) is 46.6 Å². The van der Waals surface area contributed by atoms with Crippen LogP contribution in [0.5, 0.6) is 0 Å². The standard InChI is InChI=1S/C17H10ClF3N2O4/c18-14-4-3-11(7-13(14)17(19,20)21)23-15(24)9-27-16(25)10(8-22)6-12-2-1-5-26-12/h1-7H,9H2,(H,23,24)/b10-6+. The molecule has 0 saturated heterocycles. The van der Waals surface area contributed by atoms with Crippen LogP contribution in [0.2, 0.25) is 5.02 Å². The molecule has 140 valence electrons. The topological polar surface area (TPSA) is 92.3 Å². The lowest BCUT2D eigenvalue weighted by Crippen LogP contribution is -2.21. The number of nitriles is 1. The van der Waals surface area contributed by atoms with Crippen molar-refractivity contribution in [1.82, 2.24) is 0 Å². The largest absolute Gasteiger partial charge is 0.465 e. The van der Waals surface area contributed by atoms with Crippen LogP contribution in [0.3, 0.4) is 0 Å². The van der Waals surface area contributed by atoms with Gasteiger partial charge >= 0.3 is 12.1 Å². The highest BCUT2D eigenvalue weighted by atomic mass is 35.5. The number of nitrogens with zero attached hydrogens (tertiary/aromatic N) is 1. The fourth-order valence-corrected chi connectivity index (χ4v) is 2.10. The molecule has 0 spiro atoms. The first-order valence-electron chi connectivity index (χ1n) is 7.19. The zero-order chi connectivity index (χ0) is 20.0. The number of ether oxygens (including phenoxy) is 1. The molecule has 1 amide bonds. The molecule has 0 bridgehead atoms. The Morgan fingerprint density at radius 1 is 1.33 bits per heavy atom. The Balaban J connectivity index is 1.98. The molecule has 0 unspecified atom stereocenters. The summed E-state index contributed by atoms with van der Waals surface area (Å²) in [6.07, 6.45) is -2.24. The molecule has 1 aromatic heterocycles. The van der Waals surface area contributed by atoms with Gasteiger partial charge in [0, 0.05) is 11.8 Å². The van der Waals surface area contributed by atoms with Gasteiger partial charge in [0.2, 0.25) is 0 Å². The third-order valence-electron chi connectivity index (χ3n) is 3.06. The molecule has 1 heterocycles. The van der Waals surface area contributed by atoms with Crippen LogP contribution >= 0.6 is 11.6 Å². The number of hydrogen-bond donors (Lipinski definition) is 1. The molecule has 0 radical (unpaired) electrons. The lowest BCUT2D eigenvalue weighted by atomic mass is 10.2. The Bertz CT molecular complexity index is 915. The summed E-state index contributed by atoms with van der Waals surface area (Å²) in [4.78, 5) is 23.6. The molecule has 0 atom stereocenters. The summed E-state index contributed by atoms with van der Waals surface area (Å²) in [6, 6.07) is 7.43. The summed E-state index contributed by atoms with van der Waals surface area (Å²) in [7, 11) is 0. The van der Waals surface area contributed by atoms with Crippen molar-refractivity contribution in [3.63, 3.8) is 0 Å². The molecule has 10 heteroatoms. The quantitative estimate of drug-likeness (QED) is 0.466. The lowest BCUT2D eigenvalue weighted by molar-refractivity contribution is -0.142. The molecule has 1 aromatic carbocycles. The minimum absolute atomic E-state index is 0.181. The summed E-state index contributed by atoms with van der Waals surface area (Å²) < 4.78 is 48.0. The van der Waals surface area contributed by atoms with E-state index in [1.54, 1.807) is 12.1 Å². The van der Waals surface area contributed by atoms with Gasteiger partial charge in [-0.1, -0.05) is 11.6 Å². The zero-order valence-electron chi connectivity index (χ0n) is 13.3. The molecule has 0 aliphatic carbocycles. The van der Waals surface area contributed by atoms with Crippen molar-refractivity contribution in [1.29, 1.82) is 5.26 Å². The Morgan fingerprint density at radius 3 is 2.67 bits per heavy atom. The number of carbonyl (C=O) groups excluding carboxylic acids is 2. The number of rotatable bonds is 5. The number of hydrogen-bond acceptors (Lipinski definition) is 5. The van der Waals surface area contributed by atoms with E-state index >= 15 is 0 Å². The fourth-order valence-electron chi connectivity index (χ4n) is 1.88. The number of esters is 1. The van der Waals surface area contributed by atoms with Crippen LogP contribution in [-0.2, 0) is 20.5 Å². The number of nitrogens with one attached hydrogen (secondary N) is 1. The van der Waals surface area contributed by atoms with Crippen LogP contribution in [0.25, 0.3) is 6.08 Å². The number of alkyl halides is 3. The second-order valence-electron chi connectivity index (χ2n) is 5.00. The molecule has 27 heavy (non-hydrogen) atoms. The molecule has 6 nitrogen and oxygen atoms in total. The summed E-state index contributed by atoms with van der Waals surface area (Å²) in [6.45, 7) is -0.806. The Kier molecular flexibility index (Phi) is 6.26. The van der Waals surface area contributed by atoms with E-state index in [1.807, 2.05) is 0 Å². The first kappa shape index (κ1) is 20.1. The summed E-state index contributed by atoms with van der Waals surface area (Å²) >= 11 is 5.48. The van der Waals surface area contributed by atoms with Crippen LogP contribution in [0.1, 0.15) is 11.3 Å². The smallest absolute Gasteiger partial charge is 0.417 e. The number of amides is 1. The first-order chi connectivity index (χ1) is 12.7. The van der Waals surface area contributed by atoms with Gasteiger partial charge in [-0.2, -0.15) is 18.4 Å². The SMILES string of the molecule is N#C/C(=C\c1ccco1)C(=O)OCC(=O)Nc1ccc(Cl)c(C(F)(F)F)c1. The summed E-state index contributed by atoms with van der Waals surface area (Å²) in [5.41, 5.74) is -1.71. The van der Waals surface area contributed by atoms with E-state index in [9.17, 15) is 22.8 Å². The van der Waals surface area contributed by atoms with Crippen molar-refractivity contribution in [2.45, 2.75) is 6.18 Å². The highest BCUT2D eigenvalue weighted by Gasteiger charge is 2.33. The van der Waals surface area contributed by atoms with Crippen molar-refractivity contribution in [3.8, 4) is 6.07 Å². The van der Waals surface area contributed by atoms with Crippen molar-refractivity contribution in [2.75, 3.05) is 11.9 Å². The van der Waals surface area contributed by atoms with Gasteiger partial charge in [-0.05, 0) is 30.3 Å². The van der Waals surface area contributed by atoms with Gasteiger partial charge in [0.15, 0.2) is 6.61 Å². The van der Waals surface area contributed by atoms with E-state index < -0.39 is 40.8 Å². The third-order valence-corrected chi connectivity index (χ3v) is 3.39. The number of halogens is 4. The van der Waals surface area contributed by atoms with E-state index in [-0.39, 0.29) is 11.4 Å². The van der Waals surface area contributed by atoms with Crippen LogP contribution < -0.4 is 5.32 Å². The zero-order valence-corrected chi connectivity index (χ0v) is 14.1. The Labute approximate surface area is 155 Å². The van der Waals surface area contributed by atoms with E-state index in [1.165, 1.54) is 12.3 Å². The number of anilines is 1. The lowest BCUT2D eigenvalue weighted by Gasteiger charge is -2.11. The van der Waals surface area contributed by atoms with Crippen LogP contribution in [0.4, 0.5) is 18.9 Å². The number of furan rings is 1. The second kappa shape index (κ2) is 8.42. The Hall–Kier alpha value is -3.25. The van der Waals surface area contributed by atoms with Gasteiger partial charge in [-0.15, -0.1) is 0 Å². The van der Waals surface area contributed by atoms with Gasteiger partial charge in [0.05, 0.1) is 16.8 Å². The third kappa shape index (κ3) is 5.62. The van der Waals surface area contributed by atoms with Gasteiger partial charge in [0.1, 0.15) is 17.4 Å². The van der Waals surface area contributed by atoms with Gasteiger partial charge in [-0.25, -0.2) is 4.79 Å². The average molecular weight is 399 g/mol. The summed E-state index contributed by atoms with van der Waals surface area (Å²) in [5.74, 6) is -1.75. The van der Waals surface area contributed by atoms with Gasteiger partial charge in [-0.3, -0.25) is 4.79 Å². The van der Waals surface area contributed by atoms with Gasteiger partial charge < -0.3 is 14.5 Å². The maximum absolute atomic E-state index is 12.8. The summed E-state index contributed by atoms with van der Waals surface area (Å²) in [5, 5.41) is 10.6. The predicted octanol–water partition coefficient (Wildman–Crippen LogP) is 4.04. The minimum Gasteiger partial charge on any atom is -0.465 e. The average Bonchev–Trinajstić information content (AvgIpc) is 3.11. The van der Waals surface area contributed by atoms with Crippen molar-refractivity contribution in [2.24, 2.45) is 0 Å². The minimum atomic E-state index is -4.69. The molecule has 0 aliphatic rings. The molecule has 0 saturated carbocycles. The van der Waals surface area contributed by atoms with Gasteiger partial charge in [0.25, 0.3) is 5.91 Å². The fraction of sp³-hybridized carbons (Fsp3) is 0.118. The van der Waals surface area contributed by atoms with Crippen LogP contribution in [-0.4, -0.2) is 18.5 Å². The molecular formula is C17H10ClF3N2O4. The molecule has 0 fully saturated rings. The van der Waals surface area contributed by atoms with Crippen molar-refractivity contribution < 1.29 is 31.9 Å². The van der Waals surface area contributed by atoms with Crippen LogP contribution in [0, 0.1) is 11.3 Å². The number of carbonyl (C=O) groups is 2. The second-order valence-corrected chi connectivity index (χ2v) is 5.41. The first-order valence-corrected chi connectivity index (χ1v) is 7.57.